The first kappa shape index (κ1) is 15.8. The van der Waals surface area contributed by atoms with E-state index in [2.05, 4.69) is 9.97 Å². The molecule has 2 aromatic rings. The van der Waals surface area contributed by atoms with Crippen molar-refractivity contribution in [3.63, 3.8) is 0 Å². The second-order valence-electron chi connectivity index (χ2n) is 4.84. The van der Waals surface area contributed by atoms with E-state index in [1.165, 1.54) is 17.8 Å². The molecule has 0 fully saturated rings. The normalized spacial score (nSPS) is 11.6. The van der Waals surface area contributed by atoms with E-state index in [1.54, 1.807) is 12.1 Å². The Balaban J connectivity index is 2.46. The average molecular weight is 323 g/mol. The lowest BCUT2D eigenvalue weighted by molar-refractivity contribution is 0.602. The summed E-state index contributed by atoms with van der Waals surface area (Å²) in [6, 6.07) is 4.94. The van der Waals surface area contributed by atoms with Crippen molar-refractivity contribution in [2.24, 2.45) is 0 Å². The van der Waals surface area contributed by atoms with Gasteiger partial charge in [0.1, 0.15) is 0 Å². The van der Waals surface area contributed by atoms with Crippen LogP contribution in [-0.4, -0.2) is 24.6 Å². The zero-order valence-corrected chi connectivity index (χ0v) is 14.0. The predicted molar refractivity (Wildman–Crippen MR) is 84.3 cm³/mol. The summed E-state index contributed by atoms with van der Waals surface area (Å²) in [4.78, 5) is 9.59. The Bertz CT molecular complexity index is 779. The molecule has 0 saturated carbocycles. The SMILES string of the molecule is Cc1nc(Sc2cccc(S(C)(=O)=O)c2N)nc(C)c1C. The van der Waals surface area contributed by atoms with E-state index in [-0.39, 0.29) is 10.6 Å². The van der Waals surface area contributed by atoms with E-state index in [0.29, 0.717) is 10.1 Å². The Labute approximate surface area is 128 Å². The molecule has 0 saturated heterocycles. The standard InChI is InChI=1S/C14H17N3O2S2/c1-8-9(2)16-14(17-10(8)3)20-11-6-5-7-12(13(11)15)21(4,18)19/h5-7H,15H2,1-4H3. The van der Waals surface area contributed by atoms with Crippen molar-refractivity contribution >= 4 is 27.3 Å². The number of nitrogens with two attached hydrogens (primary N) is 1. The maximum Gasteiger partial charge on any atom is 0.192 e. The first-order valence-corrected chi connectivity index (χ1v) is 8.99. The van der Waals surface area contributed by atoms with Crippen LogP contribution in [0.3, 0.4) is 0 Å². The van der Waals surface area contributed by atoms with E-state index < -0.39 is 9.84 Å². The van der Waals surface area contributed by atoms with Crippen LogP contribution in [0.15, 0.2) is 33.1 Å². The molecule has 0 atom stereocenters. The number of benzene rings is 1. The number of nitrogen functional groups attached to an aromatic ring is 1. The van der Waals surface area contributed by atoms with Gasteiger partial charge in [-0.3, -0.25) is 0 Å². The Hall–Kier alpha value is -1.60. The quantitative estimate of drug-likeness (QED) is 0.690. The molecular formula is C14H17N3O2S2. The summed E-state index contributed by atoms with van der Waals surface area (Å²) in [5.74, 6) is 0. The van der Waals surface area contributed by atoms with E-state index in [4.69, 9.17) is 5.73 Å². The lowest BCUT2D eigenvalue weighted by atomic mass is 10.2. The summed E-state index contributed by atoms with van der Waals surface area (Å²) in [6.45, 7) is 5.81. The van der Waals surface area contributed by atoms with Gasteiger partial charge < -0.3 is 5.73 Å². The molecular weight excluding hydrogens is 306 g/mol. The van der Waals surface area contributed by atoms with Crippen molar-refractivity contribution in [2.75, 3.05) is 12.0 Å². The minimum atomic E-state index is -3.35. The molecule has 0 aliphatic heterocycles. The average Bonchev–Trinajstić information content (AvgIpc) is 2.37. The Morgan fingerprint density at radius 3 is 2.19 bits per heavy atom. The fraction of sp³-hybridized carbons (Fsp3) is 0.286. The highest BCUT2D eigenvalue weighted by molar-refractivity contribution is 7.99. The lowest BCUT2D eigenvalue weighted by Crippen LogP contribution is -2.04. The van der Waals surface area contributed by atoms with Crippen molar-refractivity contribution in [2.45, 2.75) is 35.7 Å². The fourth-order valence-corrected chi connectivity index (χ4v) is 3.65. The number of nitrogens with zero attached hydrogens (tertiary/aromatic N) is 2. The zero-order chi connectivity index (χ0) is 15.8. The van der Waals surface area contributed by atoms with E-state index in [1.807, 2.05) is 20.8 Å². The minimum absolute atomic E-state index is 0.132. The van der Waals surface area contributed by atoms with Crippen LogP contribution in [0, 0.1) is 20.8 Å². The van der Waals surface area contributed by atoms with Gasteiger partial charge in [-0.1, -0.05) is 6.07 Å². The van der Waals surface area contributed by atoms with Crippen LogP contribution in [-0.2, 0) is 9.84 Å². The van der Waals surface area contributed by atoms with Gasteiger partial charge in [-0.05, 0) is 50.2 Å². The zero-order valence-electron chi connectivity index (χ0n) is 12.3. The maximum absolute atomic E-state index is 11.7. The molecule has 1 aromatic heterocycles. The van der Waals surface area contributed by atoms with Crippen molar-refractivity contribution < 1.29 is 8.42 Å². The van der Waals surface area contributed by atoms with Crippen LogP contribution in [0.2, 0.25) is 0 Å². The summed E-state index contributed by atoms with van der Waals surface area (Å²) < 4.78 is 23.4. The first-order chi connectivity index (χ1) is 9.70. The van der Waals surface area contributed by atoms with Crippen molar-refractivity contribution in [1.29, 1.82) is 0 Å². The number of para-hydroxylation sites is 1. The maximum atomic E-state index is 11.7. The summed E-state index contributed by atoms with van der Waals surface area (Å²) in [5, 5.41) is 0.563. The fourth-order valence-electron chi connectivity index (χ4n) is 1.82. The lowest BCUT2D eigenvalue weighted by Gasteiger charge is -2.10. The van der Waals surface area contributed by atoms with Gasteiger partial charge in [0.2, 0.25) is 0 Å². The number of hydrogen-bond acceptors (Lipinski definition) is 6. The van der Waals surface area contributed by atoms with Gasteiger partial charge in [0.15, 0.2) is 15.0 Å². The third-order valence-corrected chi connectivity index (χ3v) is 5.33. The summed E-state index contributed by atoms with van der Waals surface area (Å²) in [7, 11) is -3.35. The third-order valence-electron chi connectivity index (χ3n) is 3.24. The monoisotopic (exact) mass is 323 g/mol. The highest BCUT2D eigenvalue weighted by Gasteiger charge is 2.16. The van der Waals surface area contributed by atoms with Crippen molar-refractivity contribution in [3.05, 3.63) is 35.2 Å². The molecule has 0 radical (unpaired) electrons. The van der Waals surface area contributed by atoms with E-state index in [0.717, 1.165) is 23.2 Å². The van der Waals surface area contributed by atoms with E-state index in [9.17, 15) is 8.42 Å². The smallest absolute Gasteiger partial charge is 0.192 e. The molecule has 21 heavy (non-hydrogen) atoms. The van der Waals surface area contributed by atoms with Gasteiger partial charge in [0, 0.05) is 22.5 Å². The van der Waals surface area contributed by atoms with Crippen LogP contribution >= 0.6 is 11.8 Å². The molecule has 0 bridgehead atoms. The molecule has 0 aliphatic rings. The molecule has 112 valence electrons. The second kappa shape index (κ2) is 5.65. The van der Waals surface area contributed by atoms with Gasteiger partial charge in [-0.15, -0.1) is 0 Å². The molecule has 5 nitrogen and oxygen atoms in total. The molecule has 2 rings (SSSR count). The van der Waals surface area contributed by atoms with Gasteiger partial charge in [0.25, 0.3) is 0 Å². The largest absolute Gasteiger partial charge is 0.397 e. The molecule has 0 aliphatic carbocycles. The Morgan fingerprint density at radius 1 is 1.10 bits per heavy atom. The molecule has 0 amide bonds. The van der Waals surface area contributed by atoms with Crippen LogP contribution in [0.5, 0.6) is 0 Å². The number of anilines is 1. The molecule has 0 unspecified atom stereocenters. The van der Waals surface area contributed by atoms with Crippen LogP contribution in [0.1, 0.15) is 17.0 Å². The Kier molecular flexibility index (Phi) is 4.25. The van der Waals surface area contributed by atoms with E-state index >= 15 is 0 Å². The molecule has 0 spiro atoms. The number of aryl methyl sites for hydroxylation is 2. The van der Waals surface area contributed by atoms with Crippen LogP contribution in [0.25, 0.3) is 0 Å². The van der Waals surface area contributed by atoms with Crippen LogP contribution in [0.4, 0.5) is 5.69 Å². The third kappa shape index (κ3) is 3.36. The summed E-state index contributed by atoms with van der Waals surface area (Å²) in [6.07, 6.45) is 1.14. The highest BCUT2D eigenvalue weighted by atomic mass is 32.2. The van der Waals surface area contributed by atoms with Gasteiger partial charge in [-0.25, -0.2) is 18.4 Å². The van der Waals surface area contributed by atoms with Gasteiger partial charge >= 0.3 is 0 Å². The topological polar surface area (TPSA) is 85.9 Å². The predicted octanol–water partition coefficient (Wildman–Crippen LogP) is 2.54. The molecule has 7 heteroatoms. The minimum Gasteiger partial charge on any atom is -0.397 e. The Morgan fingerprint density at radius 2 is 1.67 bits per heavy atom. The van der Waals surface area contributed by atoms with Crippen molar-refractivity contribution in [3.8, 4) is 0 Å². The first-order valence-electron chi connectivity index (χ1n) is 6.28. The van der Waals surface area contributed by atoms with Crippen LogP contribution < -0.4 is 5.73 Å². The number of sulfone groups is 1. The summed E-state index contributed by atoms with van der Waals surface area (Å²) in [5.41, 5.74) is 9.07. The second-order valence-corrected chi connectivity index (χ2v) is 7.84. The van der Waals surface area contributed by atoms with Gasteiger partial charge in [-0.2, -0.15) is 0 Å². The summed E-state index contributed by atoms with van der Waals surface area (Å²) >= 11 is 1.27. The number of hydrogen-bond donors (Lipinski definition) is 1. The number of aromatic nitrogens is 2. The molecule has 1 aromatic carbocycles. The van der Waals surface area contributed by atoms with Gasteiger partial charge in [0.05, 0.1) is 10.6 Å². The number of rotatable bonds is 3. The highest BCUT2D eigenvalue weighted by Crippen LogP contribution is 2.34. The molecule has 2 N–H and O–H groups in total. The molecule has 1 heterocycles. The van der Waals surface area contributed by atoms with Crippen molar-refractivity contribution in [1.82, 2.24) is 9.97 Å².